The number of anilines is 1. The second-order valence-corrected chi connectivity index (χ2v) is 6.83. The highest BCUT2D eigenvalue weighted by atomic mass is 32.2. The quantitative estimate of drug-likeness (QED) is 0.863. The third kappa shape index (κ3) is 4.57. The molecule has 1 saturated carbocycles. The maximum Gasteiger partial charge on any atom is 0.234 e. The number of benzene rings is 1. The molecule has 0 heterocycles. The van der Waals surface area contributed by atoms with E-state index in [0.717, 1.165) is 5.69 Å². The van der Waals surface area contributed by atoms with Gasteiger partial charge in [0.1, 0.15) is 0 Å². The van der Waals surface area contributed by atoms with Gasteiger partial charge < -0.3 is 5.32 Å². The van der Waals surface area contributed by atoms with Crippen molar-refractivity contribution in [3.05, 3.63) is 29.8 Å². The standard InChI is InChI=1S/C16H23NOS/c1-12(2)13-7-9-14(10-8-13)17-16(18)11-19-15-5-3-4-6-15/h7-10,12,15H,3-6,11H2,1-2H3,(H,17,18). The van der Waals surface area contributed by atoms with Crippen molar-refractivity contribution in [3.63, 3.8) is 0 Å². The lowest BCUT2D eigenvalue weighted by Gasteiger charge is -2.10. The van der Waals surface area contributed by atoms with Gasteiger partial charge >= 0.3 is 0 Å². The Bertz CT molecular complexity index is 407. The minimum absolute atomic E-state index is 0.120. The van der Waals surface area contributed by atoms with Gasteiger partial charge in [0.25, 0.3) is 0 Å². The first-order valence-electron chi connectivity index (χ1n) is 7.16. The van der Waals surface area contributed by atoms with Gasteiger partial charge in [0, 0.05) is 10.9 Å². The molecule has 0 saturated heterocycles. The molecule has 3 heteroatoms. The Morgan fingerprint density at radius 2 is 1.89 bits per heavy atom. The number of thioether (sulfide) groups is 1. The number of carbonyl (C=O) groups excluding carboxylic acids is 1. The molecule has 1 aliphatic rings. The lowest BCUT2D eigenvalue weighted by atomic mass is 10.0. The zero-order valence-corrected chi connectivity index (χ0v) is 12.6. The zero-order chi connectivity index (χ0) is 13.7. The van der Waals surface area contributed by atoms with Crippen molar-refractivity contribution in [2.45, 2.75) is 50.7 Å². The SMILES string of the molecule is CC(C)c1ccc(NC(=O)CSC2CCCC2)cc1. The van der Waals surface area contributed by atoms with E-state index in [9.17, 15) is 4.79 Å². The number of hydrogen-bond donors (Lipinski definition) is 1. The van der Waals surface area contributed by atoms with Gasteiger partial charge in [-0.1, -0.05) is 38.8 Å². The van der Waals surface area contributed by atoms with Crippen molar-refractivity contribution >= 4 is 23.4 Å². The normalized spacial score (nSPS) is 15.9. The molecule has 0 radical (unpaired) electrons. The molecule has 1 aliphatic carbocycles. The summed E-state index contributed by atoms with van der Waals surface area (Å²) in [5, 5.41) is 3.68. The minimum Gasteiger partial charge on any atom is -0.325 e. The molecular formula is C16H23NOS. The first kappa shape index (κ1) is 14.4. The molecule has 0 bridgehead atoms. The average molecular weight is 277 g/mol. The van der Waals surface area contributed by atoms with E-state index in [1.165, 1.54) is 31.2 Å². The van der Waals surface area contributed by atoms with Gasteiger partial charge in [0.05, 0.1) is 5.75 Å². The molecule has 0 spiro atoms. The fourth-order valence-electron chi connectivity index (χ4n) is 2.40. The van der Waals surface area contributed by atoms with Crippen LogP contribution in [0.15, 0.2) is 24.3 Å². The average Bonchev–Trinajstić information content (AvgIpc) is 2.90. The summed E-state index contributed by atoms with van der Waals surface area (Å²) >= 11 is 1.81. The summed E-state index contributed by atoms with van der Waals surface area (Å²) in [7, 11) is 0. The second kappa shape index (κ2) is 6.99. The fourth-order valence-corrected chi connectivity index (χ4v) is 3.52. The second-order valence-electron chi connectivity index (χ2n) is 5.54. The molecule has 1 aromatic rings. The zero-order valence-electron chi connectivity index (χ0n) is 11.8. The monoisotopic (exact) mass is 277 g/mol. The Balaban J connectivity index is 1.77. The molecule has 1 fully saturated rings. The molecule has 19 heavy (non-hydrogen) atoms. The van der Waals surface area contributed by atoms with Crippen LogP contribution in [0.25, 0.3) is 0 Å². The molecule has 0 atom stereocenters. The number of carbonyl (C=O) groups is 1. The van der Waals surface area contributed by atoms with E-state index in [1.54, 1.807) is 0 Å². The van der Waals surface area contributed by atoms with Crippen LogP contribution in [-0.4, -0.2) is 16.9 Å². The van der Waals surface area contributed by atoms with Crippen LogP contribution in [0.1, 0.15) is 51.0 Å². The Labute approximate surface area is 120 Å². The van der Waals surface area contributed by atoms with E-state index in [2.05, 4.69) is 31.3 Å². The van der Waals surface area contributed by atoms with Crippen molar-refractivity contribution in [1.29, 1.82) is 0 Å². The highest BCUT2D eigenvalue weighted by molar-refractivity contribution is 8.00. The van der Waals surface area contributed by atoms with Gasteiger partial charge in [-0.25, -0.2) is 0 Å². The highest BCUT2D eigenvalue weighted by Gasteiger charge is 2.16. The lowest BCUT2D eigenvalue weighted by Crippen LogP contribution is -2.15. The van der Waals surface area contributed by atoms with E-state index in [4.69, 9.17) is 0 Å². The summed E-state index contributed by atoms with van der Waals surface area (Å²) in [4.78, 5) is 11.9. The number of nitrogens with one attached hydrogen (secondary N) is 1. The smallest absolute Gasteiger partial charge is 0.234 e. The third-order valence-corrected chi connectivity index (χ3v) is 4.99. The van der Waals surface area contributed by atoms with Gasteiger partial charge in [0.2, 0.25) is 5.91 Å². The highest BCUT2D eigenvalue weighted by Crippen LogP contribution is 2.29. The molecule has 0 aliphatic heterocycles. The van der Waals surface area contributed by atoms with Crippen molar-refractivity contribution in [2.75, 3.05) is 11.1 Å². The first-order valence-corrected chi connectivity index (χ1v) is 8.21. The Morgan fingerprint density at radius 1 is 1.26 bits per heavy atom. The largest absolute Gasteiger partial charge is 0.325 e. The van der Waals surface area contributed by atoms with E-state index in [1.807, 2.05) is 23.9 Å². The molecular weight excluding hydrogens is 254 g/mol. The lowest BCUT2D eigenvalue weighted by molar-refractivity contribution is -0.113. The van der Waals surface area contributed by atoms with E-state index in [-0.39, 0.29) is 5.91 Å². The van der Waals surface area contributed by atoms with Crippen molar-refractivity contribution in [2.24, 2.45) is 0 Å². The molecule has 0 aromatic heterocycles. The molecule has 1 aromatic carbocycles. The summed E-state index contributed by atoms with van der Waals surface area (Å²) < 4.78 is 0. The fraction of sp³-hybridized carbons (Fsp3) is 0.562. The predicted octanol–water partition coefficient (Wildman–Crippen LogP) is 4.42. The maximum atomic E-state index is 11.9. The van der Waals surface area contributed by atoms with Crippen LogP contribution in [0.5, 0.6) is 0 Å². The van der Waals surface area contributed by atoms with E-state index in [0.29, 0.717) is 16.9 Å². The minimum atomic E-state index is 0.120. The van der Waals surface area contributed by atoms with Crippen LogP contribution in [-0.2, 0) is 4.79 Å². The number of amides is 1. The Kier molecular flexibility index (Phi) is 5.32. The van der Waals surface area contributed by atoms with Gasteiger partial charge in [-0.15, -0.1) is 11.8 Å². The van der Waals surface area contributed by atoms with Gasteiger partial charge in [-0.2, -0.15) is 0 Å². The molecule has 104 valence electrons. The predicted molar refractivity (Wildman–Crippen MR) is 83.9 cm³/mol. The number of rotatable bonds is 5. The van der Waals surface area contributed by atoms with Crippen LogP contribution in [0.2, 0.25) is 0 Å². The summed E-state index contributed by atoms with van der Waals surface area (Å²) in [6.45, 7) is 4.34. The van der Waals surface area contributed by atoms with Gasteiger partial charge in [-0.05, 0) is 36.5 Å². The van der Waals surface area contributed by atoms with Crippen LogP contribution in [0, 0.1) is 0 Å². The van der Waals surface area contributed by atoms with Crippen LogP contribution < -0.4 is 5.32 Å². The van der Waals surface area contributed by atoms with Crippen LogP contribution >= 0.6 is 11.8 Å². The van der Waals surface area contributed by atoms with Gasteiger partial charge in [-0.3, -0.25) is 4.79 Å². The van der Waals surface area contributed by atoms with Crippen molar-refractivity contribution in [3.8, 4) is 0 Å². The van der Waals surface area contributed by atoms with Crippen molar-refractivity contribution in [1.82, 2.24) is 0 Å². The van der Waals surface area contributed by atoms with Crippen LogP contribution in [0.3, 0.4) is 0 Å². The van der Waals surface area contributed by atoms with E-state index >= 15 is 0 Å². The Hall–Kier alpha value is -0.960. The summed E-state index contributed by atoms with van der Waals surface area (Å²) in [5.41, 5.74) is 2.21. The summed E-state index contributed by atoms with van der Waals surface area (Å²) in [5.74, 6) is 1.23. The Morgan fingerprint density at radius 3 is 2.47 bits per heavy atom. The molecule has 2 nitrogen and oxygen atoms in total. The van der Waals surface area contributed by atoms with Crippen LogP contribution in [0.4, 0.5) is 5.69 Å². The molecule has 0 unspecified atom stereocenters. The molecule has 1 N–H and O–H groups in total. The van der Waals surface area contributed by atoms with E-state index < -0.39 is 0 Å². The topological polar surface area (TPSA) is 29.1 Å². The third-order valence-electron chi connectivity index (χ3n) is 3.61. The number of hydrogen-bond acceptors (Lipinski definition) is 2. The summed E-state index contributed by atoms with van der Waals surface area (Å²) in [6, 6.07) is 8.16. The molecule has 2 rings (SSSR count). The summed E-state index contributed by atoms with van der Waals surface area (Å²) in [6.07, 6.45) is 5.22. The maximum absolute atomic E-state index is 11.9. The van der Waals surface area contributed by atoms with Crippen molar-refractivity contribution < 1.29 is 4.79 Å². The first-order chi connectivity index (χ1) is 9.15. The molecule has 1 amide bonds. The van der Waals surface area contributed by atoms with Gasteiger partial charge in [0.15, 0.2) is 0 Å².